The van der Waals surface area contributed by atoms with Crippen LogP contribution in [-0.4, -0.2) is 61.7 Å². The van der Waals surface area contributed by atoms with Gasteiger partial charge in [0.25, 0.3) is 0 Å². The predicted molar refractivity (Wildman–Crippen MR) is 127 cm³/mol. The second-order valence-corrected chi connectivity index (χ2v) is 8.55. The topological polar surface area (TPSA) is 66.3 Å². The number of guanidine groups is 1. The van der Waals surface area contributed by atoms with Crippen LogP contribution in [0.1, 0.15) is 18.9 Å². The van der Waals surface area contributed by atoms with E-state index >= 15 is 0 Å². The Kier molecular flexibility index (Phi) is 9.37. The van der Waals surface area contributed by atoms with Crippen molar-refractivity contribution in [2.45, 2.75) is 24.8 Å². The van der Waals surface area contributed by atoms with E-state index in [4.69, 9.17) is 19.6 Å². The van der Waals surface area contributed by atoms with E-state index in [0.29, 0.717) is 24.0 Å². The van der Waals surface area contributed by atoms with Crippen LogP contribution in [-0.2, 0) is 6.54 Å². The van der Waals surface area contributed by atoms with Crippen molar-refractivity contribution >= 4 is 17.7 Å². The molecular formula is C24H33N3O3S. The quantitative estimate of drug-likeness (QED) is 0.332. The summed E-state index contributed by atoms with van der Waals surface area (Å²) in [5.74, 6) is 4.05. The number of aliphatic imine (C=N–C) groups is 1. The smallest absolute Gasteiger partial charge is 0.194 e. The van der Waals surface area contributed by atoms with Gasteiger partial charge in [-0.2, -0.15) is 0 Å². The lowest BCUT2D eigenvalue weighted by Crippen LogP contribution is -2.40. The molecule has 0 spiro atoms. The molecule has 7 heteroatoms. The molecule has 1 unspecified atom stereocenters. The number of aliphatic hydroxyl groups excluding tert-OH is 1. The Morgan fingerprint density at radius 2 is 2.06 bits per heavy atom. The van der Waals surface area contributed by atoms with E-state index < -0.39 is 0 Å². The summed E-state index contributed by atoms with van der Waals surface area (Å²) in [6.45, 7) is 5.80. The molecule has 6 nitrogen and oxygen atoms in total. The first-order chi connectivity index (χ1) is 15.2. The number of ether oxygens (including phenoxy) is 2. The number of hydrogen-bond donors (Lipinski definition) is 2. The fraction of sp³-hybridized carbons (Fsp3) is 0.458. The number of rotatable bonds is 10. The fourth-order valence-corrected chi connectivity index (χ4v) is 4.62. The number of hydrogen-bond acceptors (Lipinski definition) is 5. The summed E-state index contributed by atoms with van der Waals surface area (Å²) < 4.78 is 10.9. The Balaban J connectivity index is 1.58. The maximum absolute atomic E-state index is 8.96. The Morgan fingerprint density at radius 3 is 2.81 bits per heavy atom. The lowest BCUT2D eigenvalue weighted by molar-refractivity contribution is 0.196. The molecule has 1 aliphatic heterocycles. The summed E-state index contributed by atoms with van der Waals surface area (Å²) in [7, 11) is 1.62. The minimum absolute atomic E-state index is 0.0259. The lowest BCUT2D eigenvalue weighted by Gasteiger charge is -2.22. The average molecular weight is 444 g/mol. The van der Waals surface area contributed by atoms with Crippen LogP contribution in [0.3, 0.4) is 0 Å². The van der Waals surface area contributed by atoms with Crippen LogP contribution in [0.5, 0.6) is 11.5 Å². The zero-order valence-electron chi connectivity index (χ0n) is 18.4. The molecule has 1 fully saturated rings. The minimum atomic E-state index is -0.0259. The lowest BCUT2D eigenvalue weighted by atomic mass is 10.2. The molecule has 3 rings (SSSR count). The van der Waals surface area contributed by atoms with Crippen molar-refractivity contribution in [1.82, 2.24) is 10.2 Å². The van der Waals surface area contributed by atoms with Crippen LogP contribution in [0.4, 0.5) is 0 Å². The summed E-state index contributed by atoms with van der Waals surface area (Å²) in [6.07, 6.45) is 1.19. The van der Waals surface area contributed by atoms with Crippen LogP contribution < -0.4 is 14.8 Å². The Bertz CT molecular complexity index is 832. The molecule has 168 valence electrons. The van der Waals surface area contributed by atoms with Crippen LogP contribution in [0.25, 0.3) is 0 Å². The first-order valence-electron chi connectivity index (χ1n) is 10.8. The third-order valence-corrected chi connectivity index (χ3v) is 6.38. The van der Waals surface area contributed by atoms with Crippen LogP contribution >= 0.6 is 11.8 Å². The number of thioether (sulfide) groups is 1. The molecular weight excluding hydrogens is 410 g/mol. The van der Waals surface area contributed by atoms with Crippen LogP contribution in [0.2, 0.25) is 0 Å². The van der Waals surface area contributed by atoms with E-state index in [1.807, 2.05) is 30.0 Å². The Morgan fingerprint density at radius 1 is 1.23 bits per heavy atom. The zero-order valence-corrected chi connectivity index (χ0v) is 19.2. The molecule has 1 heterocycles. The minimum Gasteiger partial charge on any atom is -0.493 e. The van der Waals surface area contributed by atoms with E-state index in [1.165, 1.54) is 11.3 Å². The van der Waals surface area contributed by atoms with Gasteiger partial charge in [-0.15, -0.1) is 11.8 Å². The van der Waals surface area contributed by atoms with Crippen molar-refractivity contribution in [3.05, 3.63) is 54.1 Å². The molecule has 0 saturated carbocycles. The maximum Gasteiger partial charge on any atom is 0.194 e. The van der Waals surface area contributed by atoms with E-state index in [9.17, 15) is 0 Å². The van der Waals surface area contributed by atoms with E-state index in [2.05, 4.69) is 47.5 Å². The highest BCUT2D eigenvalue weighted by Gasteiger charge is 2.25. The van der Waals surface area contributed by atoms with Gasteiger partial charge in [-0.3, -0.25) is 0 Å². The van der Waals surface area contributed by atoms with Crippen molar-refractivity contribution in [2.24, 2.45) is 10.9 Å². The van der Waals surface area contributed by atoms with Gasteiger partial charge in [0, 0.05) is 30.3 Å². The molecule has 2 aromatic carbocycles. The van der Waals surface area contributed by atoms with Gasteiger partial charge >= 0.3 is 0 Å². The van der Waals surface area contributed by atoms with Gasteiger partial charge < -0.3 is 24.8 Å². The van der Waals surface area contributed by atoms with Gasteiger partial charge in [0.05, 0.1) is 20.3 Å². The van der Waals surface area contributed by atoms with Gasteiger partial charge in [0.15, 0.2) is 17.5 Å². The van der Waals surface area contributed by atoms with Gasteiger partial charge in [-0.1, -0.05) is 24.3 Å². The van der Waals surface area contributed by atoms with Crippen molar-refractivity contribution in [1.29, 1.82) is 0 Å². The van der Waals surface area contributed by atoms with Crippen LogP contribution in [0, 0.1) is 5.92 Å². The fourth-order valence-electron chi connectivity index (χ4n) is 3.57. The first kappa shape index (κ1) is 23.3. The van der Waals surface area contributed by atoms with E-state index in [-0.39, 0.29) is 13.2 Å². The summed E-state index contributed by atoms with van der Waals surface area (Å²) in [6, 6.07) is 16.4. The summed E-state index contributed by atoms with van der Waals surface area (Å²) in [4.78, 5) is 8.58. The molecule has 0 aliphatic carbocycles. The first-order valence-corrected chi connectivity index (χ1v) is 11.8. The molecule has 31 heavy (non-hydrogen) atoms. The highest BCUT2D eigenvalue weighted by atomic mass is 32.2. The van der Waals surface area contributed by atoms with Crippen molar-refractivity contribution in [2.75, 3.05) is 45.7 Å². The zero-order chi connectivity index (χ0) is 21.9. The third kappa shape index (κ3) is 7.08. The number of aliphatic hydroxyl groups is 1. The SMILES string of the molecule is CCNC(=NCc1ccc(OCCO)c(OC)c1)N1CCC(CSc2ccccc2)C1. The molecule has 2 N–H and O–H groups in total. The Hall–Kier alpha value is -2.38. The van der Waals surface area contributed by atoms with Gasteiger partial charge in [0.1, 0.15) is 6.61 Å². The maximum atomic E-state index is 8.96. The highest BCUT2D eigenvalue weighted by Crippen LogP contribution is 2.29. The molecule has 0 aromatic heterocycles. The molecule has 0 amide bonds. The molecule has 1 aliphatic rings. The van der Waals surface area contributed by atoms with E-state index in [0.717, 1.165) is 36.9 Å². The highest BCUT2D eigenvalue weighted by molar-refractivity contribution is 7.99. The second kappa shape index (κ2) is 12.5. The van der Waals surface area contributed by atoms with Crippen molar-refractivity contribution in [3.8, 4) is 11.5 Å². The van der Waals surface area contributed by atoms with Gasteiger partial charge in [-0.25, -0.2) is 4.99 Å². The van der Waals surface area contributed by atoms with Crippen molar-refractivity contribution < 1.29 is 14.6 Å². The summed E-state index contributed by atoms with van der Waals surface area (Å²) in [5.41, 5.74) is 1.05. The molecule has 1 saturated heterocycles. The summed E-state index contributed by atoms with van der Waals surface area (Å²) in [5, 5.41) is 12.4. The normalized spacial score (nSPS) is 16.4. The Labute approximate surface area is 189 Å². The predicted octanol–water partition coefficient (Wildman–Crippen LogP) is 3.65. The largest absolute Gasteiger partial charge is 0.493 e. The van der Waals surface area contributed by atoms with E-state index in [1.54, 1.807) is 7.11 Å². The van der Waals surface area contributed by atoms with Gasteiger partial charge in [-0.05, 0) is 49.1 Å². The number of nitrogens with one attached hydrogen (secondary N) is 1. The standard InChI is InChI=1S/C24H33N3O3S/c1-3-25-24(26-16-19-9-10-22(30-14-13-28)23(15-19)29-2)27-12-11-20(17-27)18-31-21-7-5-4-6-8-21/h4-10,15,20,28H,3,11-14,16-18H2,1-2H3,(H,25,26). The third-order valence-electron chi connectivity index (χ3n) is 5.14. The second-order valence-electron chi connectivity index (χ2n) is 7.45. The molecule has 0 bridgehead atoms. The van der Waals surface area contributed by atoms with Crippen molar-refractivity contribution in [3.63, 3.8) is 0 Å². The number of nitrogens with zero attached hydrogens (tertiary/aromatic N) is 2. The van der Waals surface area contributed by atoms with Gasteiger partial charge in [0.2, 0.25) is 0 Å². The average Bonchev–Trinajstić information content (AvgIpc) is 3.29. The number of benzene rings is 2. The van der Waals surface area contributed by atoms with Crippen LogP contribution in [0.15, 0.2) is 58.4 Å². The molecule has 0 radical (unpaired) electrons. The number of likely N-dealkylation sites (tertiary alicyclic amines) is 1. The summed E-state index contributed by atoms with van der Waals surface area (Å²) >= 11 is 1.94. The molecule has 1 atom stereocenters. The molecule has 2 aromatic rings. The number of methoxy groups -OCH3 is 1. The monoisotopic (exact) mass is 443 g/mol.